The fourth-order valence-corrected chi connectivity index (χ4v) is 4.94. The van der Waals surface area contributed by atoms with Gasteiger partial charge in [-0.05, 0) is 24.8 Å². The second-order valence-corrected chi connectivity index (χ2v) is 8.40. The summed E-state index contributed by atoms with van der Waals surface area (Å²) < 4.78 is 0. The van der Waals surface area contributed by atoms with Gasteiger partial charge in [0, 0.05) is 11.4 Å². The van der Waals surface area contributed by atoms with Crippen LogP contribution >= 0.6 is 23.5 Å². The van der Waals surface area contributed by atoms with Crippen LogP contribution in [0.3, 0.4) is 0 Å². The smallest absolute Gasteiger partial charge is 0.168 e. The number of benzene rings is 1. The van der Waals surface area contributed by atoms with E-state index in [9.17, 15) is 0 Å². The van der Waals surface area contributed by atoms with Crippen LogP contribution in [-0.2, 0) is 0 Å². The Bertz CT molecular complexity index is 694. The van der Waals surface area contributed by atoms with Crippen molar-refractivity contribution in [3.63, 3.8) is 0 Å². The average molecular weight is 345 g/mol. The SMILES string of the molecule is CC1(C)CN=C(SCC2=CSC3=NC(c4ccccc4)CN23)N1. The second kappa shape index (κ2) is 5.91. The van der Waals surface area contributed by atoms with Gasteiger partial charge in [0.25, 0.3) is 0 Å². The molecule has 4 nitrogen and oxygen atoms in total. The van der Waals surface area contributed by atoms with Crippen LogP contribution in [0.25, 0.3) is 0 Å². The first-order valence-electron chi connectivity index (χ1n) is 7.82. The van der Waals surface area contributed by atoms with Gasteiger partial charge in [-0.15, -0.1) is 0 Å². The predicted molar refractivity (Wildman–Crippen MR) is 101 cm³/mol. The van der Waals surface area contributed by atoms with Crippen molar-refractivity contribution in [1.82, 2.24) is 10.2 Å². The van der Waals surface area contributed by atoms with Crippen LogP contribution in [0.2, 0.25) is 0 Å². The molecule has 1 aromatic rings. The maximum atomic E-state index is 4.87. The quantitative estimate of drug-likeness (QED) is 0.912. The first kappa shape index (κ1) is 15.1. The summed E-state index contributed by atoms with van der Waals surface area (Å²) in [6.07, 6.45) is 0. The van der Waals surface area contributed by atoms with Crippen LogP contribution in [0.15, 0.2) is 51.4 Å². The molecule has 1 aromatic carbocycles. The van der Waals surface area contributed by atoms with Crippen molar-refractivity contribution >= 4 is 33.9 Å². The Kier molecular flexibility index (Phi) is 3.89. The molecule has 23 heavy (non-hydrogen) atoms. The number of rotatable bonds is 3. The topological polar surface area (TPSA) is 40.0 Å². The zero-order valence-corrected chi connectivity index (χ0v) is 15.0. The summed E-state index contributed by atoms with van der Waals surface area (Å²) in [4.78, 5) is 11.8. The molecule has 1 atom stereocenters. The van der Waals surface area contributed by atoms with Crippen molar-refractivity contribution in [2.75, 3.05) is 18.8 Å². The molecule has 1 unspecified atom stereocenters. The van der Waals surface area contributed by atoms with Gasteiger partial charge in [-0.2, -0.15) is 0 Å². The van der Waals surface area contributed by atoms with Gasteiger partial charge in [0.15, 0.2) is 10.3 Å². The van der Waals surface area contributed by atoms with Crippen LogP contribution in [-0.4, -0.2) is 39.6 Å². The standard InChI is InChI=1S/C17H20N4S2/c1-17(2)11-18-15(20-17)22-9-13-10-23-16-19-14(8-21(13)16)12-6-4-3-5-7-12/h3-7,10,14H,8-9,11H2,1-2H3,(H,18,20). The van der Waals surface area contributed by atoms with Crippen molar-refractivity contribution in [2.45, 2.75) is 25.4 Å². The molecule has 0 saturated heterocycles. The highest BCUT2D eigenvalue weighted by Crippen LogP contribution is 2.37. The van der Waals surface area contributed by atoms with Crippen LogP contribution in [0, 0.1) is 0 Å². The lowest BCUT2D eigenvalue weighted by Gasteiger charge is -2.20. The van der Waals surface area contributed by atoms with E-state index in [4.69, 9.17) is 4.99 Å². The molecule has 3 aliphatic rings. The summed E-state index contributed by atoms with van der Waals surface area (Å²) in [5, 5.41) is 7.90. The highest BCUT2D eigenvalue weighted by molar-refractivity contribution is 8.17. The molecule has 0 radical (unpaired) electrons. The van der Waals surface area contributed by atoms with E-state index in [0.717, 1.165) is 29.2 Å². The first-order valence-corrected chi connectivity index (χ1v) is 9.69. The molecule has 6 heteroatoms. The minimum absolute atomic E-state index is 0.0970. The molecule has 4 rings (SSSR count). The molecule has 0 fully saturated rings. The third kappa shape index (κ3) is 3.15. The van der Waals surface area contributed by atoms with Gasteiger partial charge in [-0.25, -0.2) is 0 Å². The molecule has 0 bridgehead atoms. The number of thioether (sulfide) groups is 2. The van der Waals surface area contributed by atoms with E-state index in [-0.39, 0.29) is 11.6 Å². The molecular formula is C17H20N4S2. The minimum Gasteiger partial charge on any atom is -0.358 e. The summed E-state index contributed by atoms with van der Waals surface area (Å²) in [6, 6.07) is 10.8. The highest BCUT2D eigenvalue weighted by atomic mass is 32.2. The number of fused-ring (bicyclic) bond motifs is 1. The number of amidine groups is 2. The Morgan fingerprint density at radius 1 is 1.35 bits per heavy atom. The van der Waals surface area contributed by atoms with E-state index in [2.05, 4.69) is 64.8 Å². The summed E-state index contributed by atoms with van der Waals surface area (Å²) in [6.45, 7) is 6.18. The van der Waals surface area contributed by atoms with Crippen molar-refractivity contribution < 1.29 is 0 Å². The largest absolute Gasteiger partial charge is 0.358 e. The zero-order chi connectivity index (χ0) is 15.9. The molecule has 0 aromatic heterocycles. The molecule has 0 saturated carbocycles. The molecular weight excluding hydrogens is 324 g/mol. The average Bonchev–Trinajstić information content (AvgIpc) is 3.20. The van der Waals surface area contributed by atoms with Crippen molar-refractivity contribution in [1.29, 1.82) is 0 Å². The van der Waals surface area contributed by atoms with Gasteiger partial charge in [-0.1, -0.05) is 53.9 Å². The maximum absolute atomic E-state index is 4.87. The lowest BCUT2D eigenvalue weighted by atomic mass is 10.1. The van der Waals surface area contributed by atoms with E-state index in [1.807, 2.05) is 0 Å². The van der Waals surface area contributed by atoms with Gasteiger partial charge >= 0.3 is 0 Å². The van der Waals surface area contributed by atoms with Crippen LogP contribution in [0.4, 0.5) is 0 Å². The fraction of sp³-hybridized carbons (Fsp3) is 0.412. The number of nitrogens with zero attached hydrogens (tertiary/aromatic N) is 3. The van der Waals surface area contributed by atoms with Crippen LogP contribution in [0.5, 0.6) is 0 Å². The fourth-order valence-electron chi connectivity index (χ4n) is 2.84. The summed E-state index contributed by atoms with van der Waals surface area (Å²) in [5.74, 6) is 0.940. The molecule has 1 N–H and O–H groups in total. The summed E-state index contributed by atoms with van der Waals surface area (Å²) in [5.41, 5.74) is 2.73. The molecule has 0 aliphatic carbocycles. The zero-order valence-electron chi connectivity index (χ0n) is 13.3. The van der Waals surface area contributed by atoms with E-state index >= 15 is 0 Å². The van der Waals surface area contributed by atoms with Crippen LogP contribution < -0.4 is 5.32 Å². The summed E-state index contributed by atoms with van der Waals surface area (Å²) >= 11 is 3.53. The number of hydrogen-bond acceptors (Lipinski definition) is 6. The number of nitrogens with one attached hydrogen (secondary N) is 1. The third-order valence-corrected chi connectivity index (χ3v) is 5.98. The Morgan fingerprint density at radius 3 is 2.91 bits per heavy atom. The molecule has 0 spiro atoms. The Labute approximate surface area is 145 Å². The van der Waals surface area contributed by atoms with E-state index < -0.39 is 0 Å². The van der Waals surface area contributed by atoms with Gasteiger partial charge in [-0.3, -0.25) is 9.98 Å². The Hall–Kier alpha value is -1.40. The number of hydrogen-bond donors (Lipinski definition) is 1. The van der Waals surface area contributed by atoms with E-state index in [0.29, 0.717) is 0 Å². The normalized spacial score (nSPS) is 24.9. The Morgan fingerprint density at radius 2 is 2.17 bits per heavy atom. The van der Waals surface area contributed by atoms with Gasteiger partial charge in [0.1, 0.15) is 0 Å². The first-order chi connectivity index (χ1) is 11.1. The van der Waals surface area contributed by atoms with Gasteiger partial charge in [0.2, 0.25) is 0 Å². The van der Waals surface area contributed by atoms with Crippen molar-refractivity contribution in [3.8, 4) is 0 Å². The number of aliphatic imine (C=N–C) groups is 2. The van der Waals surface area contributed by atoms with Gasteiger partial charge < -0.3 is 10.2 Å². The molecule has 120 valence electrons. The molecule has 0 amide bonds. The predicted octanol–water partition coefficient (Wildman–Crippen LogP) is 3.46. The monoisotopic (exact) mass is 344 g/mol. The van der Waals surface area contributed by atoms with E-state index in [1.165, 1.54) is 11.3 Å². The van der Waals surface area contributed by atoms with Crippen molar-refractivity contribution in [3.05, 3.63) is 47.0 Å². The highest BCUT2D eigenvalue weighted by Gasteiger charge is 2.33. The second-order valence-electron chi connectivity index (χ2n) is 6.59. The molecule has 3 aliphatic heterocycles. The van der Waals surface area contributed by atoms with Gasteiger partial charge in [0.05, 0.1) is 24.7 Å². The molecule has 3 heterocycles. The lowest BCUT2D eigenvalue weighted by molar-refractivity contribution is 0.508. The van der Waals surface area contributed by atoms with E-state index in [1.54, 1.807) is 23.5 Å². The maximum Gasteiger partial charge on any atom is 0.168 e. The van der Waals surface area contributed by atoms with Crippen molar-refractivity contribution in [2.24, 2.45) is 9.98 Å². The van der Waals surface area contributed by atoms with Crippen LogP contribution in [0.1, 0.15) is 25.5 Å². The Balaban J connectivity index is 1.37. The lowest BCUT2D eigenvalue weighted by Crippen LogP contribution is -2.38. The third-order valence-electron chi connectivity index (χ3n) is 4.10. The minimum atomic E-state index is 0.0970. The summed E-state index contributed by atoms with van der Waals surface area (Å²) in [7, 11) is 0.